The average molecular weight is 689 g/mol. The summed E-state index contributed by atoms with van der Waals surface area (Å²) in [6, 6.07) is 13.8. The van der Waals surface area contributed by atoms with Crippen LogP contribution in [-0.2, 0) is 27.8 Å². The molecule has 2 heterocycles. The number of aromatic nitrogens is 1. The number of rotatable bonds is 11. The second-order valence-corrected chi connectivity index (χ2v) is 15.4. The van der Waals surface area contributed by atoms with E-state index in [-0.39, 0.29) is 11.5 Å². The summed E-state index contributed by atoms with van der Waals surface area (Å²) in [4.78, 5) is 17.6. The van der Waals surface area contributed by atoms with Crippen LogP contribution in [0.3, 0.4) is 0 Å². The van der Waals surface area contributed by atoms with Crippen molar-refractivity contribution in [2.75, 3.05) is 32.2 Å². The molecule has 1 fully saturated rings. The maximum atomic E-state index is 13.0. The van der Waals surface area contributed by atoms with Gasteiger partial charge < -0.3 is 29.4 Å². The van der Waals surface area contributed by atoms with Gasteiger partial charge in [0.15, 0.2) is 11.5 Å². The largest absolute Gasteiger partial charge is 0.493 e. The quantitative estimate of drug-likeness (QED) is 0.207. The summed E-state index contributed by atoms with van der Waals surface area (Å²) >= 11 is 6.28. The van der Waals surface area contributed by atoms with E-state index in [2.05, 4.69) is 36.3 Å². The lowest BCUT2D eigenvalue weighted by Gasteiger charge is -2.47. The van der Waals surface area contributed by atoms with Crippen molar-refractivity contribution < 1.29 is 28.8 Å². The zero-order chi connectivity index (χ0) is 34.2. The number of halogens is 1. The number of pyridine rings is 1. The number of nitrogens with zero attached hydrogens (tertiary/aromatic N) is 1. The molecular weight excluding hydrogens is 640 g/mol. The summed E-state index contributed by atoms with van der Waals surface area (Å²) in [6.07, 6.45) is 10.4. The molecule has 0 amide bonds. The first-order valence-corrected chi connectivity index (χ1v) is 18.4. The molecule has 262 valence electrons. The van der Waals surface area contributed by atoms with Crippen LogP contribution >= 0.6 is 11.6 Å². The standard InChI is InChI=1S/C40H49ClN2O6/c1-25(23-47-34-10-16-42-33-9-4-6-26(2)37(33)34)18-28-19-27-20-36-35(48-24-31(49-36)11-17-46-3)22-32(27)39(28)12-14-40(15-13-39,38(44)45)43-30-8-5-7-29(41)21-30/h5,7-8,10,16,20-22,25-26,28,31,43H,4,6,9,11-15,17-19,23-24H2,1-3H3,(H,44,45)/t25-,26-,28+,31-,39?,40?/m1/s1. The molecule has 0 saturated heterocycles. The molecule has 2 aromatic carbocycles. The molecule has 1 aliphatic heterocycles. The van der Waals surface area contributed by atoms with E-state index in [1.54, 1.807) is 19.2 Å². The van der Waals surface area contributed by atoms with Crippen LogP contribution in [0.2, 0.25) is 5.02 Å². The second-order valence-electron chi connectivity index (χ2n) is 15.0. The molecule has 1 aromatic heterocycles. The first kappa shape index (κ1) is 34.0. The molecule has 4 atom stereocenters. The Bertz CT molecular complexity index is 1670. The summed E-state index contributed by atoms with van der Waals surface area (Å²) in [5.74, 6) is 2.83. The molecule has 9 heteroatoms. The maximum absolute atomic E-state index is 13.0. The van der Waals surface area contributed by atoms with Crippen molar-refractivity contribution in [2.45, 2.75) is 101 Å². The van der Waals surface area contributed by atoms with E-state index in [0.717, 1.165) is 61.5 Å². The van der Waals surface area contributed by atoms with Crippen molar-refractivity contribution in [1.82, 2.24) is 4.98 Å². The minimum atomic E-state index is -1.07. The third-order valence-corrected chi connectivity index (χ3v) is 12.0. The Kier molecular flexibility index (Phi) is 9.73. The maximum Gasteiger partial charge on any atom is 0.329 e. The van der Waals surface area contributed by atoms with Crippen molar-refractivity contribution in [3.63, 3.8) is 0 Å². The highest BCUT2D eigenvalue weighted by Crippen LogP contribution is 2.58. The molecule has 7 rings (SSSR count). The first-order valence-electron chi connectivity index (χ1n) is 18.0. The van der Waals surface area contributed by atoms with Crippen LogP contribution in [0.25, 0.3) is 0 Å². The van der Waals surface area contributed by atoms with Gasteiger partial charge in [-0.05, 0) is 128 Å². The van der Waals surface area contributed by atoms with Crippen molar-refractivity contribution >= 4 is 23.3 Å². The number of anilines is 1. The van der Waals surface area contributed by atoms with Crippen molar-refractivity contribution in [3.05, 3.63) is 76.1 Å². The highest BCUT2D eigenvalue weighted by atomic mass is 35.5. The zero-order valence-electron chi connectivity index (χ0n) is 28.9. The second kappa shape index (κ2) is 14.0. The highest BCUT2D eigenvalue weighted by Gasteiger charge is 2.54. The fourth-order valence-corrected chi connectivity index (χ4v) is 9.30. The van der Waals surface area contributed by atoms with Gasteiger partial charge >= 0.3 is 5.97 Å². The summed E-state index contributed by atoms with van der Waals surface area (Å²) in [7, 11) is 1.70. The first-order chi connectivity index (χ1) is 23.7. The lowest BCUT2D eigenvalue weighted by Crippen LogP contribution is -2.53. The molecule has 2 N–H and O–H groups in total. The lowest BCUT2D eigenvalue weighted by molar-refractivity contribution is -0.144. The predicted molar refractivity (Wildman–Crippen MR) is 190 cm³/mol. The molecule has 8 nitrogen and oxygen atoms in total. The molecule has 1 spiro atoms. The highest BCUT2D eigenvalue weighted by molar-refractivity contribution is 6.30. The fourth-order valence-electron chi connectivity index (χ4n) is 9.11. The van der Waals surface area contributed by atoms with E-state index in [1.165, 1.54) is 35.2 Å². The smallest absolute Gasteiger partial charge is 0.329 e. The minimum absolute atomic E-state index is 0.0427. The predicted octanol–water partition coefficient (Wildman–Crippen LogP) is 8.38. The Morgan fingerprint density at radius 1 is 1.16 bits per heavy atom. The van der Waals surface area contributed by atoms with Gasteiger partial charge in [0.25, 0.3) is 0 Å². The number of hydrogen-bond acceptors (Lipinski definition) is 7. The number of carboxylic acids is 1. The topological polar surface area (TPSA) is 99.1 Å². The van der Waals surface area contributed by atoms with E-state index < -0.39 is 11.5 Å². The van der Waals surface area contributed by atoms with Crippen LogP contribution in [-0.4, -0.2) is 54.6 Å². The van der Waals surface area contributed by atoms with E-state index in [1.807, 2.05) is 24.4 Å². The number of methoxy groups -OCH3 is 1. The number of aryl methyl sites for hydroxylation is 1. The number of fused-ring (bicyclic) bond motifs is 4. The Balaban J connectivity index is 1.14. The number of nitrogens with one attached hydrogen (secondary N) is 1. The molecule has 4 aliphatic rings. The minimum Gasteiger partial charge on any atom is -0.493 e. The van der Waals surface area contributed by atoms with Gasteiger partial charge in [0.05, 0.1) is 6.61 Å². The van der Waals surface area contributed by atoms with Crippen molar-refractivity contribution in [1.29, 1.82) is 0 Å². The average Bonchev–Trinajstić information content (AvgIpc) is 3.37. The van der Waals surface area contributed by atoms with Crippen LogP contribution in [0.15, 0.2) is 48.7 Å². The van der Waals surface area contributed by atoms with Crippen LogP contribution in [0, 0.1) is 11.8 Å². The number of ether oxygens (including phenoxy) is 4. The molecule has 0 unspecified atom stereocenters. The van der Waals surface area contributed by atoms with Gasteiger partial charge in [-0.3, -0.25) is 4.98 Å². The molecule has 3 aliphatic carbocycles. The van der Waals surface area contributed by atoms with Crippen LogP contribution < -0.4 is 19.5 Å². The van der Waals surface area contributed by atoms with E-state index >= 15 is 0 Å². The zero-order valence-corrected chi connectivity index (χ0v) is 29.7. The molecule has 49 heavy (non-hydrogen) atoms. The van der Waals surface area contributed by atoms with Crippen LogP contribution in [0.1, 0.15) is 93.5 Å². The molecule has 0 bridgehead atoms. The summed E-state index contributed by atoms with van der Waals surface area (Å²) in [5.41, 5.74) is 4.53. The Labute approximate surface area is 294 Å². The third kappa shape index (κ3) is 6.71. The number of hydrogen-bond donors (Lipinski definition) is 2. The molecule has 0 radical (unpaired) electrons. The summed E-state index contributed by atoms with van der Waals surface area (Å²) in [6.45, 7) is 6.31. The molecule has 3 aromatic rings. The van der Waals surface area contributed by atoms with Crippen LogP contribution in [0.4, 0.5) is 5.69 Å². The monoisotopic (exact) mass is 688 g/mol. The Hall–Kier alpha value is -3.49. The van der Waals surface area contributed by atoms with Gasteiger partial charge in [0.2, 0.25) is 0 Å². The van der Waals surface area contributed by atoms with Gasteiger partial charge in [0, 0.05) is 48.3 Å². The molecular formula is C40H49ClN2O6. The SMILES string of the molecule is COCC[C@@H]1COc2cc3c(cc2O1)C[C@H](C[C@@H](C)COc1ccnc2c1[C@H](C)CCC2)C31CCC(Nc2cccc(Cl)c2)(C(=O)O)CC1. The van der Waals surface area contributed by atoms with Gasteiger partial charge in [-0.2, -0.15) is 0 Å². The lowest BCUT2D eigenvalue weighted by atomic mass is 9.59. The normalized spacial score (nSPS) is 27.6. The van der Waals surface area contributed by atoms with Gasteiger partial charge in [-0.25, -0.2) is 4.79 Å². The van der Waals surface area contributed by atoms with Gasteiger partial charge in [0.1, 0.15) is 24.0 Å². The van der Waals surface area contributed by atoms with E-state index in [9.17, 15) is 9.90 Å². The van der Waals surface area contributed by atoms with Gasteiger partial charge in [-0.15, -0.1) is 0 Å². The third-order valence-electron chi connectivity index (χ3n) is 11.7. The number of carboxylic acid groups (broad SMARTS) is 1. The fraction of sp³-hybridized carbons (Fsp3) is 0.550. The van der Waals surface area contributed by atoms with Crippen molar-refractivity contribution in [3.8, 4) is 17.2 Å². The number of carbonyl (C=O) groups is 1. The van der Waals surface area contributed by atoms with E-state index in [0.29, 0.717) is 55.4 Å². The number of aliphatic carboxylic acids is 1. The summed E-state index contributed by atoms with van der Waals surface area (Å²) < 4.78 is 24.6. The summed E-state index contributed by atoms with van der Waals surface area (Å²) in [5, 5.41) is 14.6. The Morgan fingerprint density at radius 2 is 2.00 bits per heavy atom. The Morgan fingerprint density at radius 3 is 2.78 bits per heavy atom. The van der Waals surface area contributed by atoms with Crippen LogP contribution in [0.5, 0.6) is 17.2 Å². The van der Waals surface area contributed by atoms with Crippen molar-refractivity contribution in [2.24, 2.45) is 11.8 Å². The number of benzene rings is 2. The van der Waals surface area contributed by atoms with E-state index in [4.69, 9.17) is 30.5 Å². The molecule has 1 saturated carbocycles. The van der Waals surface area contributed by atoms with Gasteiger partial charge in [-0.1, -0.05) is 31.5 Å².